The van der Waals surface area contributed by atoms with E-state index in [1.165, 1.54) is 0 Å². The van der Waals surface area contributed by atoms with E-state index < -0.39 is 0 Å². The van der Waals surface area contributed by atoms with Crippen LogP contribution in [0.15, 0.2) is 42.7 Å². The van der Waals surface area contributed by atoms with Gasteiger partial charge in [-0.1, -0.05) is 0 Å². The van der Waals surface area contributed by atoms with Gasteiger partial charge in [-0.25, -0.2) is 0 Å². The summed E-state index contributed by atoms with van der Waals surface area (Å²) in [5, 5.41) is 2.09. The van der Waals surface area contributed by atoms with Crippen molar-refractivity contribution in [3.05, 3.63) is 42.7 Å². The Morgan fingerprint density at radius 3 is 2.93 bits per heavy atom. The van der Waals surface area contributed by atoms with Gasteiger partial charge in [-0.05, 0) is 30.3 Å². The average molecular weight is 195 g/mol. The summed E-state index contributed by atoms with van der Waals surface area (Å²) in [6, 6.07) is 9.62. The Morgan fingerprint density at radius 2 is 2.00 bits per heavy atom. The fourth-order valence-electron chi connectivity index (χ4n) is 1.74. The van der Waals surface area contributed by atoms with E-state index in [4.69, 9.17) is 5.73 Å². The Bertz CT molecular complexity index is 646. The molecule has 0 saturated heterocycles. The number of rotatable bonds is 0. The molecule has 3 heteroatoms. The maximum atomic E-state index is 5.71. The van der Waals surface area contributed by atoms with E-state index >= 15 is 0 Å². The van der Waals surface area contributed by atoms with Gasteiger partial charge in [-0.2, -0.15) is 0 Å². The van der Waals surface area contributed by atoms with Gasteiger partial charge in [0.15, 0.2) is 0 Å². The van der Waals surface area contributed by atoms with Gasteiger partial charge in [-0.3, -0.25) is 9.97 Å². The number of nitrogen functional groups attached to an aromatic ring is 1. The number of anilines is 1. The fourth-order valence-corrected chi connectivity index (χ4v) is 1.74. The molecular formula is C12H9N3. The van der Waals surface area contributed by atoms with Gasteiger partial charge >= 0.3 is 0 Å². The van der Waals surface area contributed by atoms with Crippen molar-refractivity contribution in [1.82, 2.24) is 9.97 Å². The summed E-state index contributed by atoms with van der Waals surface area (Å²) in [7, 11) is 0. The molecule has 2 aromatic heterocycles. The normalized spacial score (nSPS) is 10.9. The fraction of sp³-hybridized carbons (Fsp3) is 0. The summed E-state index contributed by atoms with van der Waals surface area (Å²) in [6.45, 7) is 0. The van der Waals surface area contributed by atoms with Crippen LogP contribution in [-0.4, -0.2) is 9.97 Å². The zero-order chi connectivity index (χ0) is 10.3. The summed E-state index contributed by atoms with van der Waals surface area (Å²) >= 11 is 0. The molecule has 2 N–H and O–H groups in total. The number of nitrogens with two attached hydrogens (primary N) is 1. The number of aromatic nitrogens is 2. The number of benzene rings is 1. The third kappa shape index (κ3) is 1.21. The highest BCUT2D eigenvalue weighted by Gasteiger charge is 2.01. The first-order valence-electron chi connectivity index (χ1n) is 4.73. The first-order valence-corrected chi connectivity index (χ1v) is 4.73. The summed E-state index contributed by atoms with van der Waals surface area (Å²) in [5.74, 6) is 0. The molecule has 72 valence electrons. The first kappa shape index (κ1) is 8.17. The van der Waals surface area contributed by atoms with Crippen LogP contribution >= 0.6 is 0 Å². The molecule has 3 nitrogen and oxygen atoms in total. The van der Waals surface area contributed by atoms with Crippen molar-refractivity contribution in [3.8, 4) is 0 Å². The molecule has 0 aliphatic heterocycles. The lowest BCUT2D eigenvalue weighted by atomic mass is 10.1. The molecule has 0 aliphatic carbocycles. The highest BCUT2D eigenvalue weighted by molar-refractivity contribution is 6.03. The van der Waals surface area contributed by atoms with Crippen molar-refractivity contribution in [3.63, 3.8) is 0 Å². The van der Waals surface area contributed by atoms with E-state index in [0.717, 1.165) is 27.5 Å². The third-order valence-electron chi connectivity index (χ3n) is 2.46. The van der Waals surface area contributed by atoms with Gasteiger partial charge < -0.3 is 5.73 Å². The molecule has 0 amide bonds. The second-order valence-corrected chi connectivity index (χ2v) is 3.48. The minimum atomic E-state index is 0.727. The predicted octanol–water partition coefficient (Wildman–Crippen LogP) is 2.37. The van der Waals surface area contributed by atoms with E-state index in [0.29, 0.717) is 0 Å². The van der Waals surface area contributed by atoms with Crippen molar-refractivity contribution in [2.75, 3.05) is 5.73 Å². The van der Waals surface area contributed by atoms with Crippen LogP contribution in [-0.2, 0) is 0 Å². The predicted molar refractivity (Wildman–Crippen MR) is 61.5 cm³/mol. The zero-order valence-electron chi connectivity index (χ0n) is 8.01. The van der Waals surface area contributed by atoms with Gasteiger partial charge in [0, 0.05) is 28.9 Å². The Morgan fingerprint density at radius 1 is 1.07 bits per heavy atom. The quantitative estimate of drug-likeness (QED) is 0.442. The van der Waals surface area contributed by atoms with Crippen LogP contribution < -0.4 is 5.73 Å². The van der Waals surface area contributed by atoms with E-state index in [-0.39, 0.29) is 0 Å². The van der Waals surface area contributed by atoms with E-state index in [2.05, 4.69) is 9.97 Å². The molecule has 15 heavy (non-hydrogen) atoms. The van der Waals surface area contributed by atoms with Crippen LogP contribution in [0.25, 0.3) is 21.8 Å². The molecule has 3 rings (SSSR count). The second-order valence-electron chi connectivity index (χ2n) is 3.48. The van der Waals surface area contributed by atoms with Crippen LogP contribution in [0.1, 0.15) is 0 Å². The van der Waals surface area contributed by atoms with Crippen LogP contribution in [0.2, 0.25) is 0 Å². The lowest BCUT2D eigenvalue weighted by Gasteiger charge is -2.02. The maximum absolute atomic E-state index is 5.71. The smallest absolute Gasteiger partial charge is 0.0811 e. The molecule has 0 radical (unpaired) electrons. The summed E-state index contributed by atoms with van der Waals surface area (Å²) < 4.78 is 0. The minimum absolute atomic E-state index is 0.727. The second kappa shape index (κ2) is 2.92. The highest BCUT2D eigenvalue weighted by Crippen LogP contribution is 2.22. The molecule has 3 aromatic rings. The zero-order valence-corrected chi connectivity index (χ0v) is 8.01. The van der Waals surface area contributed by atoms with Crippen LogP contribution in [0.4, 0.5) is 5.69 Å². The average Bonchev–Trinajstić information content (AvgIpc) is 2.28. The number of pyridine rings is 2. The minimum Gasteiger partial charge on any atom is -0.399 e. The third-order valence-corrected chi connectivity index (χ3v) is 2.46. The molecule has 0 aliphatic rings. The lowest BCUT2D eigenvalue weighted by molar-refractivity contribution is 1.38. The van der Waals surface area contributed by atoms with E-state index in [9.17, 15) is 0 Å². The molecule has 0 fully saturated rings. The molecule has 0 unspecified atom stereocenters. The number of hydrogen-bond donors (Lipinski definition) is 1. The van der Waals surface area contributed by atoms with Crippen molar-refractivity contribution < 1.29 is 0 Å². The SMILES string of the molecule is Nc1ccc2c(c1)ncc1cccnc12. The van der Waals surface area contributed by atoms with Crippen LogP contribution in [0.3, 0.4) is 0 Å². The Labute approximate surface area is 86.6 Å². The molecule has 0 bridgehead atoms. The van der Waals surface area contributed by atoms with E-state index in [1.807, 2.05) is 36.5 Å². The first-order chi connectivity index (χ1) is 7.34. The Hall–Kier alpha value is -2.16. The van der Waals surface area contributed by atoms with Crippen LogP contribution in [0, 0.1) is 0 Å². The number of fused-ring (bicyclic) bond motifs is 3. The molecule has 1 aromatic carbocycles. The standard InChI is InChI=1S/C12H9N3/c13-9-3-4-10-11(6-9)15-7-8-2-1-5-14-12(8)10/h1-7H,13H2. The topological polar surface area (TPSA) is 51.8 Å². The van der Waals surface area contributed by atoms with Crippen molar-refractivity contribution >= 4 is 27.5 Å². The van der Waals surface area contributed by atoms with Gasteiger partial charge in [0.2, 0.25) is 0 Å². The molecular weight excluding hydrogens is 186 g/mol. The van der Waals surface area contributed by atoms with Crippen molar-refractivity contribution in [1.29, 1.82) is 0 Å². The van der Waals surface area contributed by atoms with Crippen molar-refractivity contribution in [2.45, 2.75) is 0 Å². The Kier molecular flexibility index (Phi) is 1.59. The Balaban J connectivity index is 2.55. The summed E-state index contributed by atoms with van der Waals surface area (Å²) in [6.07, 6.45) is 3.61. The summed E-state index contributed by atoms with van der Waals surface area (Å²) in [5.41, 5.74) is 8.30. The highest BCUT2D eigenvalue weighted by atomic mass is 14.7. The lowest BCUT2D eigenvalue weighted by Crippen LogP contribution is -1.88. The maximum Gasteiger partial charge on any atom is 0.0811 e. The van der Waals surface area contributed by atoms with Crippen LogP contribution in [0.5, 0.6) is 0 Å². The largest absolute Gasteiger partial charge is 0.399 e. The van der Waals surface area contributed by atoms with Gasteiger partial charge in [0.05, 0.1) is 11.0 Å². The molecule has 0 atom stereocenters. The monoisotopic (exact) mass is 195 g/mol. The molecule has 2 heterocycles. The van der Waals surface area contributed by atoms with Gasteiger partial charge in [-0.15, -0.1) is 0 Å². The number of hydrogen-bond acceptors (Lipinski definition) is 3. The van der Waals surface area contributed by atoms with Crippen molar-refractivity contribution in [2.24, 2.45) is 0 Å². The number of nitrogens with zero attached hydrogens (tertiary/aromatic N) is 2. The molecule has 0 spiro atoms. The van der Waals surface area contributed by atoms with Gasteiger partial charge in [0.1, 0.15) is 0 Å². The summed E-state index contributed by atoms with van der Waals surface area (Å²) in [4.78, 5) is 8.71. The molecule has 0 saturated carbocycles. The van der Waals surface area contributed by atoms with Gasteiger partial charge in [0.25, 0.3) is 0 Å². The van der Waals surface area contributed by atoms with E-state index in [1.54, 1.807) is 6.20 Å².